The quantitative estimate of drug-likeness (QED) is 0.363. The van der Waals surface area contributed by atoms with Crippen LogP contribution in [-0.2, 0) is 11.2 Å². The average molecular weight is 475 g/mol. The molecule has 0 radical (unpaired) electrons. The summed E-state index contributed by atoms with van der Waals surface area (Å²) in [6.45, 7) is -0.197. The molecule has 2 aromatic carbocycles. The number of thiazole rings is 1. The summed E-state index contributed by atoms with van der Waals surface area (Å²) in [6.07, 6.45) is -0.807. The summed E-state index contributed by atoms with van der Waals surface area (Å²) in [7, 11) is 4.44. The fourth-order valence-electron chi connectivity index (χ4n) is 2.94. The number of hydrogen-bond donors (Lipinski definition) is 3. The lowest BCUT2D eigenvalue weighted by Gasteiger charge is -2.14. The van der Waals surface area contributed by atoms with E-state index >= 15 is 0 Å². The lowest BCUT2D eigenvalue weighted by molar-refractivity contribution is -0.0970. The van der Waals surface area contributed by atoms with E-state index in [0.717, 1.165) is 11.3 Å². The highest BCUT2D eigenvalue weighted by atomic mass is 32.1. The van der Waals surface area contributed by atoms with Gasteiger partial charge in [-0.15, -0.1) is 11.3 Å². The molecule has 3 rings (SSSR count). The highest BCUT2D eigenvalue weighted by Crippen LogP contribution is 2.33. The smallest absolute Gasteiger partial charge is 0.267 e. The molecule has 1 aromatic heterocycles. The van der Waals surface area contributed by atoms with Crippen molar-refractivity contribution in [3.63, 3.8) is 0 Å². The number of ether oxygens (including phenoxy) is 4. The number of nitrogens with zero attached hydrogens (tertiary/aromatic N) is 1. The van der Waals surface area contributed by atoms with Crippen LogP contribution in [0.4, 0.5) is 5.69 Å². The van der Waals surface area contributed by atoms with Gasteiger partial charge in [0, 0.05) is 37.5 Å². The zero-order chi connectivity index (χ0) is 23.8. The van der Waals surface area contributed by atoms with E-state index in [2.05, 4.69) is 10.3 Å². The van der Waals surface area contributed by atoms with Crippen LogP contribution in [0.5, 0.6) is 17.2 Å². The topological polar surface area (TPSA) is 119 Å². The van der Waals surface area contributed by atoms with Crippen molar-refractivity contribution in [3.8, 4) is 27.8 Å². The van der Waals surface area contributed by atoms with Gasteiger partial charge in [0.2, 0.25) is 0 Å². The number of rotatable bonds is 11. The lowest BCUT2D eigenvalue weighted by atomic mass is 10.2. The van der Waals surface area contributed by atoms with Gasteiger partial charge in [0.15, 0.2) is 17.8 Å². The normalized spacial score (nSPS) is 11.7. The van der Waals surface area contributed by atoms with E-state index in [0.29, 0.717) is 32.8 Å². The summed E-state index contributed by atoms with van der Waals surface area (Å²) < 4.78 is 20.8. The van der Waals surface area contributed by atoms with Gasteiger partial charge in [-0.3, -0.25) is 4.79 Å². The molecular weight excluding hydrogens is 448 g/mol. The van der Waals surface area contributed by atoms with Gasteiger partial charge >= 0.3 is 0 Å². The molecule has 1 atom stereocenters. The summed E-state index contributed by atoms with van der Waals surface area (Å²) in [5, 5.41) is 22.4. The Labute approximate surface area is 195 Å². The Kier molecular flexibility index (Phi) is 8.61. The molecule has 9 nitrogen and oxygen atoms in total. The van der Waals surface area contributed by atoms with E-state index in [1.165, 1.54) is 25.6 Å². The maximum absolute atomic E-state index is 13.0. The van der Waals surface area contributed by atoms with Crippen LogP contribution in [0.1, 0.15) is 15.4 Å². The minimum absolute atomic E-state index is 0.0713. The molecule has 0 aliphatic rings. The Morgan fingerprint density at radius 3 is 2.48 bits per heavy atom. The van der Waals surface area contributed by atoms with E-state index in [-0.39, 0.29) is 25.5 Å². The van der Waals surface area contributed by atoms with E-state index < -0.39 is 6.29 Å². The molecule has 33 heavy (non-hydrogen) atoms. The van der Waals surface area contributed by atoms with E-state index in [9.17, 15) is 15.0 Å². The predicted octanol–water partition coefficient (Wildman–Crippen LogP) is 2.96. The fraction of sp³-hybridized carbons (Fsp3) is 0.304. The average Bonchev–Trinajstić information content (AvgIpc) is 3.27. The number of nitrogens with one attached hydrogen (secondary N) is 1. The Morgan fingerprint density at radius 1 is 1.09 bits per heavy atom. The minimum Gasteiger partial charge on any atom is -0.497 e. The van der Waals surface area contributed by atoms with E-state index in [1.807, 2.05) is 24.3 Å². The van der Waals surface area contributed by atoms with Gasteiger partial charge in [0.25, 0.3) is 5.91 Å². The van der Waals surface area contributed by atoms with Gasteiger partial charge < -0.3 is 34.5 Å². The Bertz CT molecular complexity index is 1070. The second-order valence-corrected chi connectivity index (χ2v) is 7.82. The summed E-state index contributed by atoms with van der Waals surface area (Å²) in [5.74, 6) is 1.16. The van der Waals surface area contributed by atoms with E-state index in [1.54, 1.807) is 25.3 Å². The Morgan fingerprint density at radius 2 is 1.85 bits per heavy atom. The van der Waals surface area contributed by atoms with Crippen LogP contribution in [0.15, 0.2) is 42.5 Å². The van der Waals surface area contributed by atoms with Crippen molar-refractivity contribution in [1.82, 2.24) is 4.98 Å². The van der Waals surface area contributed by atoms with Gasteiger partial charge in [-0.25, -0.2) is 4.98 Å². The van der Waals surface area contributed by atoms with Crippen LogP contribution in [0.3, 0.4) is 0 Å². The molecule has 0 aliphatic carbocycles. The molecule has 1 heterocycles. The number of carbonyl (C=O) groups is 1. The summed E-state index contributed by atoms with van der Waals surface area (Å²) >= 11 is 1.25. The van der Waals surface area contributed by atoms with Crippen molar-refractivity contribution < 1.29 is 34.0 Å². The number of carbonyl (C=O) groups excluding carboxylic acids is 1. The highest BCUT2D eigenvalue weighted by Gasteiger charge is 2.20. The number of methoxy groups -OCH3 is 3. The van der Waals surface area contributed by atoms with Crippen molar-refractivity contribution in [1.29, 1.82) is 0 Å². The Hall–Kier alpha value is -3.18. The van der Waals surface area contributed by atoms with Gasteiger partial charge in [0.05, 0.1) is 19.9 Å². The second-order valence-electron chi connectivity index (χ2n) is 6.82. The van der Waals surface area contributed by atoms with E-state index in [4.69, 9.17) is 18.9 Å². The van der Waals surface area contributed by atoms with Crippen LogP contribution in [0.2, 0.25) is 0 Å². The zero-order valence-corrected chi connectivity index (χ0v) is 19.3. The fourth-order valence-corrected chi connectivity index (χ4v) is 3.96. The number of anilines is 1. The summed E-state index contributed by atoms with van der Waals surface area (Å²) in [5.41, 5.74) is 1.86. The third-order valence-corrected chi connectivity index (χ3v) is 5.81. The van der Waals surface area contributed by atoms with Gasteiger partial charge in [0.1, 0.15) is 22.2 Å². The monoisotopic (exact) mass is 474 g/mol. The molecule has 0 aliphatic heterocycles. The van der Waals surface area contributed by atoms with Crippen molar-refractivity contribution in [3.05, 3.63) is 53.0 Å². The first-order chi connectivity index (χ1) is 16.0. The number of benzene rings is 2. The molecule has 0 spiro atoms. The van der Waals surface area contributed by atoms with Crippen LogP contribution >= 0.6 is 11.3 Å². The minimum atomic E-state index is -1.06. The summed E-state index contributed by atoms with van der Waals surface area (Å²) in [4.78, 5) is 18.0. The number of aromatic nitrogens is 1. The molecule has 0 saturated carbocycles. The van der Waals surface area contributed by atoms with Crippen molar-refractivity contribution in [2.75, 3.05) is 39.9 Å². The van der Waals surface area contributed by atoms with Gasteiger partial charge in [-0.1, -0.05) is 0 Å². The molecule has 1 unspecified atom stereocenters. The first-order valence-electron chi connectivity index (χ1n) is 10.1. The molecule has 0 saturated heterocycles. The van der Waals surface area contributed by atoms with Gasteiger partial charge in [-0.05, 0) is 36.4 Å². The van der Waals surface area contributed by atoms with Crippen molar-refractivity contribution >= 4 is 22.9 Å². The molecular formula is C23H26N2O7S. The largest absolute Gasteiger partial charge is 0.497 e. The molecule has 10 heteroatoms. The molecule has 3 N–H and O–H groups in total. The molecule has 1 amide bonds. The van der Waals surface area contributed by atoms with Crippen LogP contribution in [-0.4, -0.2) is 61.9 Å². The number of hydrogen-bond acceptors (Lipinski definition) is 9. The highest BCUT2D eigenvalue weighted by molar-refractivity contribution is 7.17. The number of aliphatic hydroxyl groups excluding tert-OH is 2. The number of amides is 1. The molecule has 3 aromatic rings. The maximum Gasteiger partial charge on any atom is 0.267 e. The predicted molar refractivity (Wildman–Crippen MR) is 124 cm³/mol. The Balaban J connectivity index is 1.80. The number of aliphatic hydroxyl groups is 2. The van der Waals surface area contributed by atoms with Crippen LogP contribution < -0.4 is 19.5 Å². The zero-order valence-electron chi connectivity index (χ0n) is 18.5. The van der Waals surface area contributed by atoms with Crippen molar-refractivity contribution in [2.24, 2.45) is 0 Å². The molecule has 176 valence electrons. The van der Waals surface area contributed by atoms with Crippen LogP contribution in [0.25, 0.3) is 10.6 Å². The summed E-state index contributed by atoms with van der Waals surface area (Å²) in [6, 6.07) is 12.3. The SMILES string of the molecule is COc1ccc(-c2nc(CCO)c(C(=O)Nc3ccc(OCC(O)OC)c(OC)c3)s2)cc1. The third kappa shape index (κ3) is 6.20. The standard InChI is InChI=1S/C23H26N2O7S/c1-29-16-7-4-14(5-8-16)23-25-17(10-11-26)21(33-23)22(28)24-15-6-9-18(19(12-15)30-2)32-13-20(27)31-3/h4-9,12,20,26-27H,10-11,13H2,1-3H3,(H,24,28). The molecule has 0 bridgehead atoms. The maximum atomic E-state index is 13.0. The van der Waals surface area contributed by atoms with Crippen molar-refractivity contribution in [2.45, 2.75) is 12.7 Å². The first-order valence-corrected chi connectivity index (χ1v) is 10.9. The van der Waals surface area contributed by atoms with Gasteiger partial charge in [-0.2, -0.15) is 0 Å². The first kappa shape index (κ1) is 24.5. The van der Waals surface area contributed by atoms with Crippen LogP contribution in [0, 0.1) is 0 Å². The third-order valence-electron chi connectivity index (χ3n) is 4.66. The second kappa shape index (κ2) is 11.6. The lowest BCUT2D eigenvalue weighted by Crippen LogP contribution is -2.19. The molecule has 0 fully saturated rings.